The number of ether oxygens (including phenoxy) is 13. The third kappa shape index (κ3) is 14.7. The van der Waals surface area contributed by atoms with Crippen molar-refractivity contribution in [2.45, 2.75) is 229 Å². The monoisotopic (exact) mass is 1230 g/mol. The maximum Gasteiger partial charge on any atom is 0.217 e. The predicted molar refractivity (Wildman–Crippen MR) is 255 cm³/mol. The van der Waals surface area contributed by atoms with Gasteiger partial charge in [0, 0.05) is 13.8 Å². The van der Waals surface area contributed by atoms with E-state index in [0.717, 1.165) is 13.8 Å². The SMILES string of the molecule is CC(=O)N[C@H]1[C@H](OC[C@H]2O[C@@H](O[C@H]3[C@@H](O)[C@@H](CO)O[C@H](O[C@@H]4[C@H](O)[C@@H](O)[C@H](O[C@H]5[C@H](O)[C@@H](O)[C@H](O)O[C@@H]5CO)O[C@@H]4CO)[C@@H]3O)[C@H](NC(C)=O)[C@@H](O[C@@H]3O[C@H](CO)[C@H](O)[C@H](O)[C@H]3O)[C@H]2O)O[C@H](CO)[C@@H](O[C@@H]2O[C@H](CO)[C@H](O)[C@H](O)[C@H]2O)[C@@H]1O. The highest BCUT2D eigenvalue weighted by atomic mass is 16.8. The highest BCUT2D eigenvalue weighted by Crippen LogP contribution is 2.37. The lowest BCUT2D eigenvalue weighted by molar-refractivity contribution is -0.389. The molecule has 38 nitrogen and oxygen atoms in total. The van der Waals surface area contributed by atoms with Crippen LogP contribution in [0.25, 0.3) is 0 Å². The lowest BCUT2D eigenvalue weighted by atomic mass is 9.94. The highest BCUT2D eigenvalue weighted by Gasteiger charge is 2.58. The second-order valence-corrected chi connectivity index (χ2v) is 21.1. The molecule has 488 valence electrons. The Morgan fingerprint density at radius 3 is 1.11 bits per heavy atom. The number of nitrogens with one attached hydrogen (secondary N) is 2. The van der Waals surface area contributed by atoms with Crippen LogP contribution in [0.4, 0.5) is 0 Å². The molecular weight excluding hydrogens is 1160 g/mol. The van der Waals surface area contributed by atoms with Gasteiger partial charge in [-0.05, 0) is 0 Å². The van der Waals surface area contributed by atoms with E-state index in [-0.39, 0.29) is 0 Å². The number of carbonyl (C=O) groups is 2. The number of amides is 2. The van der Waals surface area contributed by atoms with Crippen LogP contribution in [0.2, 0.25) is 0 Å². The minimum Gasteiger partial charge on any atom is -0.394 e. The second kappa shape index (κ2) is 29.9. The van der Waals surface area contributed by atoms with E-state index in [2.05, 4.69) is 10.6 Å². The first kappa shape index (κ1) is 69.1. The normalized spacial score (nSPS) is 50.3. The molecule has 7 aliphatic rings. The maximum atomic E-state index is 13.0. The summed E-state index contributed by atoms with van der Waals surface area (Å²) >= 11 is 0. The second-order valence-electron chi connectivity index (χ2n) is 21.1. The van der Waals surface area contributed by atoms with Gasteiger partial charge in [0.15, 0.2) is 44.0 Å². The van der Waals surface area contributed by atoms with Crippen molar-refractivity contribution in [2.24, 2.45) is 0 Å². The first-order valence-corrected chi connectivity index (χ1v) is 26.6. The molecule has 0 spiro atoms. The zero-order valence-corrected chi connectivity index (χ0v) is 44.7. The van der Waals surface area contributed by atoms with Gasteiger partial charge in [-0.25, -0.2) is 0 Å². The number of aliphatic hydroxyl groups is 21. The van der Waals surface area contributed by atoms with Crippen LogP contribution in [0.15, 0.2) is 0 Å². The van der Waals surface area contributed by atoms with Crippen LogP contribution < -0.4 is 10.6 Å². The van der Waals surface area contributed by atoms with Crippen molar-refractivity contribution >= 4 is 11.8 Å². The lowest BCUT2D eigenvalue weighted by Gasteiger charge is -2.50. The topological polar surface area (TPSA) is 603 Å². The van der Waals surface area contributed by atoms with E-state index in [1.165, 1.54) is 0 Å². The fraction of sp³-hybridized carbons (Fsp3) is 0.957. The van der Waals surface area contributed by atoms with E-state index >= 15 is 0 Å². The van der Waals surface area contributed by atoms with Gasteiger partial charge in [-0.2, -0.15) is 0 Å². The quantitative estimate of drug-likeness (QED) is 0.0507. The third-order valence-corrected chi connectivity index (χ3v) is 15.3. The number of hydrogen-bond donors (Lipinski definition) is 23. The number of carbonyl (C=O) groups excluding carboxylic acids is 2. The molecule has 0 aliphatic carbocycles. The van der Waals surface area contributed by atoms with Crippen molar-refractivity contribution in [3.63, 3.8) is 0 Å². The van der Waals surface area contributed by atoms with Gasteiger partial charge in [-0.3, -0.25) is 9.59 Å². The van der Waals surface area contributed by atoms with Gasteiger partial charge in [0.05, 0.1) is 46.2 Å². The predicted octanol–water partition coefficient (Wildman–Crippen LogP) is -16.0. The Morgan fingerprint density at radius 1 is 0.310 bits per heavy atom. The molecule has 38 heteroatoms. The fourth-order valence-electron chi connectivity index (χ4n) is 10.7. The summed E-state index contributed by atoms with van der Waals surface area (Å²) in [6, 6.07) is -3.63. The molecule has 7 heterocycles. The van der Waals surface area contributed by atoms with E-state index in [1.807, 2.05) is 0 Å². The molecule has 7 rings (SSSR count). The van der Waals surface area contributed by atoms with Gasteiger partial charge in [0.1, 0.15) is 171 Å². The van der Waals surface area contributed by atoms with Gasteiger partial charge in [-0.15, -0.1) is 0 Å². The average molecular weight is 1240 g/mol. The van der Waals surface area contributed by atoms with Gasteiger partial charge >= 0.3 is 0 Å². The standard InChI is InChI=1S/C46H78N2O36/c1-10(55)47-19-25(61)35(80-43-31(67)26(62)21(57)12(3-49)74-43)16(7-53)77-41(19)72-9-18-24(60)38(83-44-32(68)27(63)22(58)13(4-50)75-44)20(48-11(2)56)42(79-18)84-39-23(59)14(5-51)76-46(34(39)70)82-37-17(8-54)78-45(33(69)29(37)65)81-36-15(6-52)73-40(71)30(66)28(36)64/h12-46,49-54,57-71H,3-9H2,1-2H3,(H,47,55)(H,48,56)/t12-,13-,14-,15-,16-,17-,18-,19-,20-,21+,22+,23+,24+,25-,26+,27+,28-,29-,30-,31-,32-,33-,34-,35-,36-,37+,38-,39+,40-,41-,42+,43+,44+,45+,46-/m1/s1. The molecule has 0 saturated carbocycles. The molecule has 0 aromatic carbocycles. The van der Waals surface area contributed by atoms with Crippen molar-refractivity contribution < 1.29 is 178 Å². The van der Waals surface area contributed by atoms with E-state index in [9.17, 15) is 117 Å². The van der Waals surface area contributed by atoms with Crippen LogP contribution in [0, 0.1) is 0 Å². The Kier molecular flexibility index (Phi) is 24.6. The Labute approximate surface area is 475 Å². The summed E-state index contributed by atoms with van der Waals surface area (Å²) in [5.74, 6) is -1.77. The summed E-state index contributed by atoms with van der Waals surface area (Å²) in [5.41, 5.74) is 0. The van der Waals surface area contributed by atoms with Gasteiger partial charge < -0.3 is 179 Å². The minimum atomic E-state index is -2.33. The molecule has 7 saturated heterocycles. The molecule has 0 radical (unpaired) electrons. The van der Waals surface area contributed by atoms with Crippen molar-refractivity contribution in [1.82, 2.24) is 10.6 Å². The summed E-state index contributed by atoms with van der Waals surface area (Å²) in [4.78, 5) is 25.6. The first-order chi connectivity index (χ1) is 39.7. The molecular formula is C46H78N2O36. The summed E-state index contributed by atoms with van der Waals surface area (Å²) in [6.45, 7) is -4.96. The van der Waals surface area contributed by atoms with Gasteiger partial charge in [0.25, 0.3) is 0 Å². The zero-order valence-electron chi connectivity index (χ0n) is 44.7. The Morgan fingerprint density at radius 2 is 0.643 bits per heavy atom. The van der Waals surface area contributed by atoms with Crippen LogP contribution >= 0.6 is 0 Å². The van der Waals surface area contributed by atoms with Gasteiger partial charge in [0.2, 0.25) is 11.8 Å². The smallest absolute Gasteiger partial charge is 0.217 e. The van der Waals surface area contributed by atoms with Gasteiger partial charge in [-0.1, -0.05) is 0 Å². The summed E-state index contributed by atoms with van der Waals surface area (Å²) in [5, 5.41) is 230. The summed E-state index contributed by atoms with van der Waals surface area (Å²) in [6.07, 6.45) is -64.6. The largest absolute Gasteiger partial charge is 0.394 e. The molecule has 0 aromatic heterocycles. The van der Waals surface area contributed by atoms with Crippen LogP contribution in [0.3, 0.4) is 0 Å². The number of rotatable bonds is 21. The number of hydrogen-bond acceptors (Lipinski definition) is 36. The Balaban J connectivity index is 1.16. The van der Waals surface area contributed by atoms with E-state index < -0.39 is 273 Å². The van der Waals surface area contributed by atoms with Crippen LogP contribution in [-0.4, -0.2) is 380 Å². The zero-order chi connectivity index (χ0) is 61.9. The molecule has 0 aromatic rings. The molecule has 0 bridgehead atoms. The molecule has 35 atom stereocenters. The molecule has 23 N–H and O–H groups in total. The Hall–Kier alpha value is -2.42. The minimum absolute atomic E-state index is 0.839. The first-order valence-electron chi connectivity index (χ1n) is 26.6. The fourth-order valence-corrected chi connectivity index (χ4v) is 10.7. The molecule has 0 unspecified atom stereocenters. The maximum absolute atomic E-state index is 13.0. The van der Waals surface area contributed by atoms with Crippen molar-refractivity contribution in [3.05, 3.63) is 0 Å². The van der Waals surface area contributed by atoms with E-state index in [1.54, 1.807) is 0 Å². The van der Waals surface area contributed by atoms with E-state index in [4.69, 9.17) is 61.6 Å². The third-order valence-electron chi connectivity index (χ3n) is 15.3. The molecule has 7 aliphatic heterocycles. The van der Waals surface area contributed by atoms with Crippen molar-refractivity contribution in [3.8, 4) is 0 Å². The summed E-state index contributed by atoms with van der Waals surface area (Å²) in [7, 11) is 0. The molecule has 2 amide bonds. The highest BCUT2D eigenvalue weighted by molar-refractivity contribution is 5.73. The van der Waals surface area contributed by atoms with Crippen LogP contribution in [-0.2, 0) is 71.2 Å². The number of aliphatic hydroxyl groups excluding tert-OH is 21. The van der Waals surface area contributed by atoms with Crippen LogP contribution in [0.1, 0.15) is 13.8 Å². The van der Waals surface area contributed by atoms with E-state index in [0.29, 0.717) is 0 Å². The summed E-state index contributed by atoms with van der Waals surface area (Å²) < 4.78 is 74.6. The van der Waals surface area contributed by atoms with Crippen molar-refractivity contribution in [2.75, 3.05) is 46.2 Å². The lowest BCUT2D eigenvalue weighted by Crippen LogP contribution is -2.70. The van der Waals surface area contributed by atoms with Crippen LogP contribution in [0.5, 0.6) is 0 Å². The molecule has 84 heavy (non-hydrogen) atoms. The molecule has 7 fully saturated rings. The van der Waals surface area contributed by atoms with Crippen molar-refractivity contribution in [1.29, 1.82) is 0 Å². The average Bonchev–Trinajstić information content (AvgIpc) is 3.43. The Bertz CT molecular complexity index is 2060.